The number of fused-ring (bicyclic) bond motifs is 1. The maximum absolute atomic E-state index is 12.5. The summed E-state index contributed by atoms with van der Waals surface area (Å²) in [6.07, 6.45) is 1.54. The van der Waals surface area contributed by atoms with Crippen molar-refractivity contribution in [2.24, 2.45) is 0 Å². The number of carbonyl (C=O) groups is 1. The van der Waals surface area contributed by atoms with E-state index < -0.39 is 0 Å². The third-order valence-corrected chi connectivity index (χ3v) is 4.84. The number of nitrogens with one attached hydrogen (secondary N) is 2. The second kappa shape index (κ2) is 7.81. The topological polar surface area (TPSA) is 99.2 Å². The number of likely N-dealkylation sites (N-methyl/N-ethyl adjacent to an activating group) is 1. The molecular weight excluding hydrogens is 358 g/mol. The van der Waals surface area contributed by atoms with Crippen LogP contribution in [-0.4, -0.2) is 69.8 Å². The molecule has 1 saturated heterocycles. The maximum Gasteiger partial charge on any atom is 0.263 e. The molecule has 0 aliphatic carbocycles. The Morgan fingerprint density at radius 1 is 1.18 bits per heavy atom. The number of benzene rings is 1. The fourth-order valence-electron chi connectivity index (χ4n) is 3.39. The van der Waals surface area contributed by atoms with Crippen LogP contribution in [0.2, 0.25) is 0 Å². The highest BCUT2D eigenvalue weighted by Crippen LogP contribution is 2.17. The minimum atomic E-state index is -0.202. The number of rotatable bonds is 5. The second-order valence-corrected chi connectivity index (χ2v) is 6.74. The van der Waals surface area contributed by atoms with Crippen molar-refractivity contribution < 1.29 is 4.79 Å². The molecule has 4 rings (SSSR count). The lowest BCUT2D eigenvalue weighted by molar-refractivity contribution is -0.122. The van der Waals surface area contributed by atoms with E-state index in [-0.39, 0.29) is 11.5 Å². The molecule has 9 heteroatoms. The van der Waals surface area contributed by atoms with Crippen molar-refractivity contribution in [3.8, 4) is 5.69 Å². The lowest BCUT2D eigenvalue weighted by atomic mass is 10.3. The molecule has 0 unspecified atom stereocenters. The third-order valence-electron chi connectivity index (χ3n) is 4.84. The van der Waals surface area contributed by atoms with Crippen LogP contribution in [0.5, 0.6) is 0 Å². The van der Waals surface area contributed by atoms with Crippen LogP contribution in [0, 0.1) is 0 Å². The first-order chi connectivity index (χ1) is 13.7. The third kappa shape index (κ3) is 3.61. The Kier molecular flexibility index (Phi) is 5.07. The van der Waals surface area contributed by atoms with Crippen LogP contribution in [0.25, 0.3) is 16.7 Å². The van der Waals surface area contributed by atoms with E-state index in [4.69, 9.17) is 0 Å². The van der Waals surface area contributed by atoms with Crippen molar-refractivity contribution in [3.05, 3.63) is 46.9 Å². The highest BCUT2D eigenvalue weighted by Gasteiger charge is 2.22. The number of H-pyrrole nitrogens is 1. The molecule has 2 N–H and O–H groups in total. The van der Waals surface area contributed by atoms with Crippen LogP contribution in [0.4, 0.5) is 5.95 Å². The molecule has 9 nitrogen and oxygen atoms in total. The predicted octanol–water partition coefficient (Wildman–Crippen LogP) is 0.367. The Balaban J connectivity index is 1.55. The average molecular weight is 381 g/mol. The molecule has 3 aromatic rings. The summed E-state index contributed by atoms with van der Waals surface area (Å²) < 4.78 is 1.68. The maximum atomic E-state index is 12.5. The van der Waals surface area contributed by atoms with Crippen LogP contribution in [0.15, 0.2) is 41.3 Å². The van der Waals surface area contributed by atoms with E-state index in [2.05, 4.69) is 25.3 Å². The van der Waals surface area contributed by atoms with Crippen LogP contribution >= 0.6 is 0 Å². The largest absolute Gasteiger partial charge is 0.355 e. The van der Waals surface area contributed by atoms with Gasteiger partial charge in [0.25, 0.3) is 5.56 Å². The molecule has 28 heavy (non-hydrogen) atoms. The van der Waals surface area contributed by atoms with Gasteiger partial charge in [-0.3, -0.25) is 19.5 Å². The van der Waals surface area contributed by atoms with Gasteiger partial charge in [-0.25, -0.2) is 4.68 Å². The standard InChI is InChI=1S/C19H23N7O2/c1-2-20-16(27)13-24-8-10-25(11-9-24)19-22-17-15(18(28)23-19)12-21-26(17)14-6-4-3-5-7-14/h3-7,12H,2,8-11,13H2,1H3,(H,20,27)(H,22,23,28). The summed E-state index contributed by atoms with van der Waals surface area (Å²) in [6, 6.07) is 9.63. The summed E-state index contributed by atoms with van der Waals surface area (Å²) >= 11 is 0. The zero-order valence-corrected chi connectivity index (χ0v) is 15.8. The molecule has 0 atom stereocenters. The highest BCUT2D eigenvalue weighted by atomic mass is 16.2. The van der Waals surface area contributed by atoms with Gasteiger partial charge in [0.1, 0.15) is 5.39 Å². The zero-order chi connectivity index (χ0) is 19.5. The molecule has 146 valence electrons. The summed E-state index contributed by atoms with van der Waals surface area (Å²) in [5.74, 6) is 0.573. The monoisotopic (exact) mass is 381 g/mol. The molecular formula is C19H23N7O2. The van der Waals surface area contributed by atoms with E-state index in [1.54, 1.807) is 10.9 Å². The average Bonchev–Trinajstić information content (AvgIpc) is 3.14. The van der Waals surface area contributed by atoms with Crippen molar-refractivity contribution in [1.29, 1.82) is 0 Å². The van der Waals surface area contributed by atoms with Crippen LogP contribution in [0.1, 0.15) is 6.92 Å². The van der Waals surface area contributed by atoms with Crippen molar-refractivity contribution in [3.63, 3.8) is 0 Å². The van der Waals surface area contributed by atoms with Crippen LogP contribution < -0.4 is 15.8 Å². The Hall–Kier alpha value is -3.20. The normalized spacial score (nSPS) is 15.1. The summed E-state index contributed by atoms with van der Waals surface area (Å²) in [7, 11) is 0. The summed E-state index contributed by atoms with van der Waals surface area (Å²) in [5.41, 5.74) is 1.19. The van der Waals surface area contributed by atoms with Gasteiger partial charge in [0.15, 0.2) is 5.65 Å². The van der Waals surface area contributed by atoms with E-state index in [0.717, 1.165) is 18.8 Å². The van der Waals surface area contributed by atoms with E-state index in [1.165, 1.54) is 0 Å². The molecule has 1 aliphatic heterocycles. The molecule has 0 radical (unpaired) electrons. The number of anilines is 1. The smallest absolute Gasteiger partial charge is 0.263 e. The van der Waals surface area contributed by atoms with Gasteiger partial charge in [0.05, 0.1) is 18.4 Å². The van der Waals surface area contributed by atoms with Crippen molar-refractivity contribution in [2.45, 2.75) is 6.92 Å². The molecule has 3 heterocycles. The number of piperazine rings is 1. The molecule has 1 amide bonds. The van der Waals surface area contributed by atoms with Crippen molar-refractivity contribution in [2.75, 3.05) is 44.2 Å². The fourth-order valence-corrected chi connectivity index (χ4v) is 3.39. The molecule has 0 spiro atoms. The van der Waals surface area contributed by atoms with Crippen LogP contribution in [0.3, 0.4) is 0 Å². The first-order valence-electron chi connectivity index (χ1n) is 9.43. The van der Waals surface area contributed by atoms with Gasteiger partial charge in [0, 0.05) is 32.7 Å². The van der Waals surface area contributed by atoms with Crippen molar-refractivity contribution in [1.82, 2.24) is 30.0 Å². The second-order valence-electron chi connectivity index (χ2n) is 6.74. The van der Waals surface area contributed by atoms with E-state index >= 15 is 0 Å². The van der Waals surface area contributed by atoms with Gasteiger partial charge in [-0.1, -0.05) is 18.2 Å². The van der Waals surface area contributed by atoms with Crippen molar-refractivity contribution >= 4 is 22.9 Å². The van der Waals surface area contributed by atoms with E-state index in [0.29, 0.717) is 43.2 Å². The van der Waals surface area contributed by atoms with Gasteiger partial charge in [0.2, 0.25) is 11.9 Å². The van der Waals surface area contributed by atoms with Gasteiger partial charge in [-0.15, -0.1) is 0 Å². The lowest BCUT2D eigenvalue weighted by Gasteiger charge is -2.34. The molecule has 0 saturated carbocycles. The number of hydrogen-bond donors (Lipinski definition) is 2. The van der Waals surface area contributed by atoms with Gasteiger partial charge >= 0.3 is 0 Å². The van der Waals surface area contributed by atoms with Gasteiger partial charge in [-0.05, 0) is 19.1 Å². The molecule has 0 bridgehead atoms. The number of amides is 1. The number of aromatic amines is 1. The Bertz CT molecular complexity index is 1020. The summed E-state index contributed by atoms with van der Waals surface area (Å²) in [5, 5.41) is 7.62. The minimum Gasteiger partial charge on any atom is -0.355 e. The zero-order valence-electron chi connectivity index (χ0n) is 15.8. The van der Waals surface area contributed by atoms with Gasteiger partial charge in [-0.2, -0.15) is 10.1 Å². The minimum absolute atomic E-state index is 0.0377. The molecule has 1 aliphatic rings. The summed E-state index contributed by atoms with van der Waals surface area (Å²) in [6.45, 7) is 5.78. The number of carbonyl (C=O) groups excluding carboxylic acids is 1. The number of hydrogen-bond acceptors (Lipinski definition) is 6. The lowest BCUT2D eigenvalue weighted by Crippen LogP contribution is -2.50. The Morgan fingerprint density at radius 2 is 1.93 bits per heavy atom. The van der Waals surface area contributed by atoms with Gasteiger partial charge < -0.3 is 10.2 Å². The summed E-state index contributed by atoms with van der Waals surface area (Å²) in [4.78, 5) is 36.0. The molecule has 1 aromatic carbocycles. The van der Waals surface area contributed by atoms with E-state index in [1.807, 2.05) is 42.2 Å². The highest BCUT2D eigenvalue weighted by molar-refractivity contribution is 5.78. The van der Waals surface area contributed by atoms with Crippen LogP contribution in [-0.2, 0) is 4.79 Å². The molecule has 1 fully saturated rings. The number of aromatic nitrogens is 4. The first kappa shape index (κ1) is 18.2. The SMILES string of the molecule is CCNC(=O)CN1CCN(c2nc3c(cnn3-c3ccccc3)c(=O)[nH]2)CC1. The Labute approximate surface area is 162 Å². The molecule has 2 aromatic heterocycles. The number of nitrogens with zero attached hydrogens (tertiary/aromatic N) is 5. The quantitative estimate of drug-likeness (QED) is 0.662. The van der Waals surface area contributed by atoms with E-state index in [9.17, 15) is 9.59 Å². The fraction of sp³-hybridized carbons (Fsp3) is 0.368. The predicted molar refractivity (Wildman–Crippen MR) is 107 cm³/mol. The number of para-hydroxylation sites is 1. The Morgan fingerprint density at radius 3 is 2.64 bits per heavy atom. The first-order valence-corrected chi connectivity index (χ1v) is 9.43.